The number of nitrogen functional groups attached to an aromatic ring is 1. The lowest BCUT2D eigenvalue weighted by Crippen LogP contribution is -2.23. The summed E-state index contributed by atoms with van der Waals surface area (Å²) in [4.78, 5) is 29.0. The summed E-state index contributed by atoms with van der Waals surface area (Å²) < 4.78 is 6.95. The molecule has 1 aliphatic carbocycles. The van der Waals surface area contributed by atoms with E-state index in [1.807, 2.05) is 0 Å². The fourth-order valence-electron chi connectivity index (χ4n) is 4.09. The van der Waals surface area contributed by atoms with E-state index in [1.165, 1.54) is 7.11 Å². The third kappa shape index (κ3) is 4.14. The zero-order chi connectivity index (χ0) is 22.7. The van der Waals surface area contributed by atoms with Gasteiger partial charge in [0.25, 0.3) is 11.8 Å². The Kier molecular flexibility index (Phi) is 6.07. The number of pyridine rings is 1. The van der Waals surface area contributed by atoms with Crippen LogP contribution in [0, 0.1) is 0 Å². The highest BCUT2D eigenvalue weighted by Gasteiger charge is 2.27. The number of methoxy groups -OCH3 is 1. The molecule has 9 heteroatoms. The molecule has 4 rings (SSSR count). The van der Waals surface area contributed by atoms with E-state index in [2.05, 4.69) is 15.4 Å². The molecule has 0 aliphatic heterocycles. The lowest BCUT2D eigenvalue weighted by atomic mass is 10.1. The van der Waals surface area contributed by atoms with Gasteiger partial charge in [-0.2, -0.15) is 5.10 Å². The molecule has 1 fully saturated rings. The first-order valence-electron chi connectivity index (χ1n) is 10.5. The summed E-state index contributed by atoms with van der Waals surface area (Å²) >= 11 is 0. The van der Waals surface area contributed by atoms with Gasteiger partial charge >= 0.3 is 0 Å². The number of benzene rings is 1. The molecule has 3 aromatic rings. The van der Waals surface area contributed by atoms with Gasteiger partial charge in [0.2, 0.25) is 0 Å². The summed E-state index contributed by atoms with van der Waals surface area (Å²) in [5, 5.41) is 7.45. The Morgan fingerprint density at radius 2 is 1.94 bits per heavy atom. The molecule has 5 N–H and O–H groups in total. The number of carbonyl (C=O) groups is 2. The van der Waals surface area contributed by atoms with Crippen LogP contribution in [0.1, 0.15) is 58.1 Å². The maximum atomic E-state index is 12.5. The normalized spacial score (nSPS) is 13.8. The SMILES string of the molecule is COc1ccccc1C(=O)NCc1ccc(-c2nn(C3CCCC3)c(N)c2C(N)=O)cn1. The first-order valence-corrected chi connectivity index (χ1v) is 10.5. The van der Waals surface area contributed by atoms with Crippen molar-refractivity contribution >= 4 is 17.6 Å². The van der Waals surface area contributed by atoms with Crippen LogP contribution in [0.4, 0.5) is 5.82 Å². The van der Waals surface area contributed by atoms with E-state index in [4.69, 9.17) is 16.2 Å². The van der Waals surface area contributed by atoms with Gasteiger partial charge in [0.15, 0.2) is 0 Å². The number of amides is 2. The second kappa shape index (κ2) is 9.09. The number of carbonyl (C=O) groups excluding carboxylic acids is 2. The van der Waals surface area contributed by atoms with Crippen LogP contribution >= 0.6 is 0 Å². The van der Waals surface area contributed by atoms with Crippen LogP contribution < -0.4 is 21.5 Å². The number of nitrogens with one attached hydrogen (secondary N) is 1. The third-order valence-corrected chi connectivity index (χ3v) is 5.74. The molecular weight excluding hydrogens is 408 g/mol. The van der Waals surface area contributed by atoms with Gasteiger partial charge in [-0.25, -0.2) is 4.68 Å². The topological polar surface area (TPSA) is 138 Å². The minimum absolute atomic E-state index is 0.180. The minimum Gasteiger partial charge on any atom is -0.496 e. The molecule has 32 heavy (non-hydrogen) atoms. The number of hydrogen-bond donors (Lipinski definition) is 3. The number of nitrogens with two attached hydrogens (primary N) is 2. The van der Waals surface area contributed by atoms with Gasteiger partial charge in [-0.3, -0.25) is 14.6 Å². The van der Waals surface area contributed by atoms with Gasteiger partial charge < -0.3 is 21.5 Å². The number of nitrogens with zero attached hydrogens (tertiary/aromatic N) is 3. The average Bonchev–Trinajstić information content (AvgIpc) is 3.45. The first-order chi connectivity index (χ1) is 15.5. The average molecular weight is 435 g/mol. The van der Waals surface area contributed by atoms with Gasteiger partial charge in [0.1, 0.15) is 22.8 Å². The zero-order valence-electron chi connectivity index (χ0n) is 17.9. The van der Waals surface area contributed by atoms with E-state index >= 15 is 0 Å². The monoisotopic (exact) mass is 434 g/mol. The molecule has 0 radical (unpaired) electrons. The van der Waals surface area contributed by atoms with Gasteiger partial charge in [0.05, 0.1) is 31.0 Å². The van der Waals surface area contributed by atoms with Crippen molar-refractivity contribution in [2.45, 2.75) is 38.3 Å². The zero-order valence-corrected chi connectivity index (χ0v) is 17.9. The van der Waals surface area contributed by atoms with Crippen LogP contribution in [0.15, 0.2) is 42.6 Å². The summed E-state index contributed by atoms with van der Waals surface area (Å²) in [5.41, 5.74) is 14.2. The summed E-state index contributed by atoms with van der Waals surface area (Å²) in [5.74, 6) is -0.0717. The molecule has 0 unspecified atom stereocenters. The molecule has 1 aromatic carbocycles. The smallest absolute Gasteiger partial charge is 0.255 e. The second-order valence-electron chi connectivity index (χ2n) is 7.78. The quantitative estimate of drug-likeness (QED) is 0.523. The Morgan fingerprint density at radius 3 is 2.59 bits per heavy atom. The molecule has 0 spiro atoms. The number of ether oxygens (including phenoxy) is 1. The van der Waals surface area contributed by atoms with Crippen LogP contribution in [0.25, 0.3) is 11.3 Å². The van der Waals surface area contributed by atoms with Crippen LogP contribution in [-0.2, 0) is 6.54 Å². The molecular formula is C23H26N6O3. The molecule has 0 saturated heterocycles. The Morgan fingerprint density at radius 1 is 1.19 bits per heavy atom. The number of para-hydroxylation sites is 1. The van der Waals surface area contributed by atoms with Crippen LogP contribution in [-0.4, -0.2) is 33.7 Å². The Hall–Kier alpha value is -3.88. The predicted octanol–water partition coefficient (Wildman–Crippen LogP) is 2.68. The highest BCUT2D eigenvalue weighted by atomic mass is 16.5. The van der Waals surface area contributed by atoms with E-state index in [0.717, 1.165) is 25.7 Å². The molecule has 1 saturated carbocycles. The molecule has 0 bridgehead atoms. The molecule has 2 aromatic heterocycles. The van der Waals surface area contributed by atoms with Gasteiger partial charge in [-0.05, 0) is 37.1 Å². The van der Waals surface area contributed by atoms with E-state index in [9.17, 15) is 9.59 Å². The van der Waals surface area contributed by atoms with Gasteiger partial charge in [-0.1, -0.05) is 25.0 Å². The van der Waals surface area contributed by atoms with Crippen molar-refractivity contribution < 1.29 is 14.3 Å². The third-order valence-electron chi connectivity index (χ3n) is 5.74. The molecule has 2 amide bonds. The Balaban J connectivity index is 1.52. The molecule has 166 valence electrons. The minimum atomic E-state index is -0.616. The molecule has 9 nitrogen and oxygen atoms in total. The summed E-state index contributed by atoms with van der Waals surface area (Å²) in [6.45, 7) is 0.235. The van der Waals surface area contributed by atoms with E-state index < -0.39 is 5.91 Å². The maximum absolute atomic E-state index is 12.5. The van der Waals surface area contributed by atoms with Crippen molar-refractivity contribution in [3.8, 4) is 17.0 Å². The van der Waals surface area contributed by atoms with Crippen molar-refractivity contribution in [2.75, 3.05) is 12.8 Å². The van der Waals surface area contributed by atoms with E-state index in [1.54, 1.807) is 47.3 Å². The largest absolute Gasteiger partial charge is 0.496 e. The maximum Gasteiger partial charge on any atom is 0.255 e. The molecule has 0 atom stereocenters. The van der Waals surface area contributed by atoms with Gasteiger partial charge in [-0.15, -0.1) is 0 Å². The van der Waals surface area contributed by atoms with Crippen molar-refractivity contribution in [1.29, 1.82) is 0 Å². The molecule has 1 aliphatic rings. The van der Waals surface area contributed by atoms with Crippen molar-refractivity contribution in [1.82, 2.24) is 20.1 Å². The molecule has 2 heterocycles. The van der Waals surface area contributed by atoms with Gasteiger partial charge in [0, 0.05) is 11.8 Å². The lowest BCUT2D eigenvalue weighted by Gasteiger charge is -2.11. The van der Waals surface area contributed by atoms with Crippen molar-refractivity contribution in [3.63, 3.8) is 0 Å². The lowest BCUT2D eigenvalue weighted by molar-refractivity contribution is 0.0946. The number of primary amides is 1. The summed E-state index contributed by atoms with van der Waals surface area (Å²) in [6, 6.07) is 10.8. The van der Waals surface area contributed by atoms with E-state index in [0.29, 0.717) is 34.1 Å². The summed E-state index contributed by atoms with van der Waals surface area (Å²) in [7, 11) is 1.52. The predicted molar refractivity (Wildman–Crippen MR) is 120 cm³/mol. The summed E-state index contributed by atoms with van der Waals surface area (Å²) in [6.07, 6.45) is 5.79. The standard InChI is InChI=1S/C23H26N6O3/c1-32-18-9-5-4-8-17(18)23(31)27-13-15-11-10-14(12-26-15)20-19(22(25)30)21(24)29(28-20)16-6-2-3-7-16/h4-5,8-12,16H,2-3,6-7,13,24H2,1H3,(H2,25,30)(H,27,31). The fraction of sp³-hybridized carbons (Fsp3) is 0.304. The van der Waals surface area contributed by atoms with E-state index in [-0.39, 0.29) is 24.1 Å². The Bertz CT molecular complexity index is 1130. The fourth-order valence-corrected chi connectivity index (χ4v) is 4.09. The van der Waals surface area contributed by atoms with Crippen LogP contribution in [0.5, 0.6) is 5.75 Å². The van der Waals surface area contributed by atoms with Crippen molar-refractivity contribution in [3.05, 3.63) is 59.4 Å². The van der Waals surface area contributed by atoms with Crippen molar-refractivity contribution in [2.24, 2.45) is 5.73 Å². The highest BCUT2D eigenvalue weighted by Crippen LogP contribution is 2.35. The van der Waals surface area contributed by atoms with Crippen LogP contribution in [0.3, 0.4) is 0 Å². The number of hydrogen-bond acceptors (Lipinski definition) is 6. The second-order valence-corrected chi connectivity index (χ2v) is 7.78. The number of anilines is 1. The number of rotatable bonds is 7. The van der Waals surface area contributed by atoms with Crippen LogP contribution in [0.2, 0.25) is 0 Å². The highest BCUT2D eigenvalue weighted by molar-refractivity contribution is 6.03. The number of aromatic nitrogens is 3. The first kappa shape index (κ1) is 21.4. The Labute approximate surface area is 185 Å².